The number of hydrogen-bond acceptors (Lipinski definition) is 3. The lowest BCUT2D eigenvalue weighted by atomic mass is 10.1. The van der Waals surface area contributed by atoms with Crippen LogP contribution in [0.2, 0.25) is 10.0 Å². The molecule has 1 N–H and O–H groups in total. The quantitative estimate of drug-likeness (QED) is 0.746. The number of carbonyl (C=O) groups is 1. The van der Waals surface area contributed by atoms with Crippen molar-refractivity contribution in [2.45, 2.75) is 6.92 Å². The van der Waals surface area contributed by atoms with Crippen LogP contribution in [0, 0.1) is 6.92 Å². The standard InChI is InChI=1S/C17H12Cl2N2OS/c1-10-2-4-11(5-3-10)8-15-16(22)21-17(23-15)20-12-6-7-13(18)14(19)9-12/h2-9H,1H3,(H,20,21,22). The van der Waals surface area contributed by atoms with Crippen LogP contribution in [0.3, 0.4) is 0 Å². The smallest absolute Gasteiger partial charge is 0.264 e. The van der Waals surface area contributed by atoms with Crippen LogP contribution in [-0.4, -0.2) is 11.1 Å². The molecule has 0 aliphatic carbocycles. The monoisotopic (exact) mass is 362 g/mol. The van der Waals surface area contributed by atoms with Crippen LogP contribution in [0.1, 0.15) is 11.1 Å². The number of aliphatic imine (C=N–C) groups is 1. The minimum atomic E-state index is -0.158. The van der Waals surface area contributed by atoms with Crippen LogP contribution >= 0.6 is 35.0 Å². The summed E-state index contributed by atoms with van der Waals surface area (Å²) in [5.41, 5.74) is 2.79. The van der Waals surface area contributed by atoms with Gasteiger partial charge in [0.05, 0.1) is 20.6 Å². The molecule has 0 aromatic heterocycles. The highest BCUT2D eigenvalue weighted by atomic mass is 35.5. The Morgan fingerprint density at radius 2 is 1.83 bits per heavy atom. The van der Waals surface area contributed by atoms with Crippen LogP contribution in [0.25, 0.3) is 6.08 Å². The first kappa shape index (κ1) is 16.1. The number of nitrogens with one attached hydrogen (secondary N) is 1. The molecule has 0 bridgehead atoms. The van der Waals surface area contributed by atoms with Gasteiger partial charge < -0.3 is 5.32 Å². The molecule has 116 valence electrons. The van der Waals surface area contributed by atoms with Crippen molar-refractivity contribution in [3.63, 3.8) is 0 Å². The predicted molar refractivity (Wildman–Crippen MR) is 98.4 cm³/mol. The van der Waals surface area contributed by atoms with Gasteiger partial charge in [-0.05, 0) is 48.5 Å². The molecule has 6 heteroatoms. The van der Waals surface area contributed by atoms with Gasteiger partial charge in [-0.15, -0.1) is 0 Å². The zero-order valence-electron chi connectivity index (χ0n) is 12.1. The van der Waals surface area contributed by atoms with Crippen LogP contribution < -0.4 is 5.32 Å². The average Bonchev–Trinajstić information content (AvgIpc) is 2.85. The van der Waals surface area contributed by atoms with Gasteiger partial charge in [0.2, 0.25) is 0 Å². The fourth-order valence-corrected chi connectivity index (χ4v) is 3.10. The van der Waals surface area contributed by atoms with E-state index in [-0.39, 0.29) is 5.91 Å². The number of amidine groups is 1. The topological polar surface area (TPSA) is 41.5 Å². The highest BCUT2D eigenvalue weighted by Gasteiger charge is 2.23. The minimum Gasteiger partial charge on any atom is -0.300 e. The van der Waals surface area contributed by atoms with Crippen molar-refractivity contribution >= 4 is 57.8 Å². The molecule has 0 saturated carbocycles. The predicted octanol–water partition coefficient (Wildman–Crippen LogP) is 5.19. The van der Waals surface area contributed by atoms with Crippen molar-refractivity contribution in [1.29, 1.82) is 0 Å². The van der Waals surface area contributed by atoms with Gasteiger partial charge >= 0.3 is 0 Å². The lowest BCUT2D eigenvalue weighted by Crippen LogP contribution is -2.19. The summed E-state index contributed by atoms with van der Waals surface area (Å²) < 4.78 is 0. The first-order chi connectivity index (χ1) is 11.0. The van der Waals surface area contributed by atoms with E-state index in [4.69, 9.17) is 23.2 Å². The zero-order chi connectivity index (χ0) is 16.4. The van der Waals surface area contributed by atoms with E-state index in [0.717, 1.165) is 5.56 Å². The van der Waals surface area contributed by atoms with Gasteiger partial charge in [-0.3, -0.25) is 4.79 Å². The molecule has 3 nitrogen and oxygen atoms in total. The van der Waals surface area contributed by atoms with E-state index in [2.05, 4.69) is 10.3 Å². The second-order valence-corrected chi connectivity index (χ2v) is 6.84. The van der Waals surface area contributed by atoms with Gasteiger partial charge in [0, 0.05) is 0 Å². The van der Waals surface area contributed by atoms with E-state index in [0.29, 0.717) is 25.8 Å². The molecule has 0 spiro atoms. The van der Waals surface area contributed by atoms with Crippen molar-refractivity contribution in [2.75, 3.05) is 0 Å². The van der Waals surface area contributed by atoms with Gasteiger partial charge in [0.1, 0.15) is 0 Å². The van der Waals surface area contributed by atoms with Crippen molar-refractivity contribution in [3.05, 3.63) is 68.5 Å². The molecule has 1 aliphatic rings. The second-order valence-electron chi connectivity index (χ2n) is 4.99. The number of carbonyl (C=O) groups excluding carboxylic acids is 1. The molecule has 1 aliphatic heterocycles. The Labute approximate surface area is 148 Å². The maximum Gasteiger partial charge on any atom is 0.264 e. The largest absolute Gasteiger partial charge is 0.300 e. The third-order valence-corrected chi connectivity index (χ3v) is 4.81. The summed E-state index contributed by atoms with van der Waals surface area (Å²) in [5, 5.41) is 4.17. The van der Waals surface area contributed by atoms with Crippen LogP contribution in [0.15, 0.2) is 52.4 Å². The van der Waals surface area contributed by atoms with E-state index in [9.17, 15) is 4.79 Å². The molecule has 1 heterocycles. The molecule has 0 atom stereocenters. The molecule has 1 fully saturated rings. The summed E-state index contributed by atoms with van der Waals surface area (Å²) in [5.74, 6) is -0.158. The van der Waals surface area contributed by atoms with Gasteiger partial charge in [-0.2, -0.15) is 0 Å². The molecule has 0 radical (unpaired) electrons. The molecule has 23 heavy (non-hydrogen) atoms. The molecule has 3 rings (SSSR count). The molecular weight excluding hydrogens is 351 g/mol. The number of thioether (sulfide) groups is 1. The average molecular weight is 363 g/mol. The SMILES string of the molecule is Cc1ccc(C=C2SC(=Nc3ccc(Cl)c(Cl)c3)NC2=O)cc1. The van der Waals surface area contributed by atoms with Gasteiger partial charge in [-0.1, -0.05) is 53.0 Å². The maximum atomic E-state index is 12.0. The van der Waals surface area contributed by atoms with E-state index < -0.39 is 0 Å². The lowest BCUT2D eigenvalue weighted by Gasteiger charge is -1.99. The third kappa shape index (κ3) is 3.96. The van der Waals surface area contributed by atoms with E-state index in [1.807, 2.05) is 37.3 Å². The fraction of sp³-hybridized carbons (Fsp3) is 0.0588. The highest BCUT2D eigenvalue weighted by Crippen LogP contribution is 2.30. The van der Waals surface area contributed by atoms with Gasteiger partial charge in [0.15, 0.2) is 5.17 Å². The summed E-state index contributed by atoms with van der Waals surface area (Å²) in [6, 6.07) is 13.0. The minimum absolute atomic E-state index is 0.158. The normalized spacial score (nSPS) is 17.8. The molecule has 1 saturated heterocycles. The number of benzene rings is 2. The van der Waals surface area contributed by atoms with E-state index in [1.54, 1.807) is 18.2 Å². The second kappa shape index (κ2) is 6.79. The van der Waals surface area contributed by atoms with Crippen LogP contribution in [0.5, 0.6) is 0 Å². The number of rotatable bonds is 2. The summed E-state index contributed by atoms with van der Waals surface area (Å²) in [6.45, 7) is 2.02. The Morgan fingerprint density at radius 1 is 1.09 bits per heavy atom. The maximum absolute atomic E-state index is 12.0. The first-order valence-corrected chi connectivity index (χ1v) is 8.40. The Hall–Kier alpha value is -1.75. The van der Waals surface area contributed by atoms with Gasteiger partial charge in [-0.25, -0.2) is 4.99 Å². The van der Waals surface area contributed by atoms with Crippen LogP contribution in [-0.2, 0) is 4.79 Å². The van der Waals surface area contributed by atoms with E-state index in [1.165, 1.54) is 17.3 Å². The van der Waals surface area contributed by atoms with E-state index >= 15 is 0 Å². The number of halogens is 2. The summed E-state index contributed by atoms with van der Waals surface area (Å²) in [7, 11) is 0. The Kier molecular flexibility index (Phi) is 4.76. The Morgan fingerprint density at radius 3 is 2.52 bits per heavy atom. The number of nitrogens with zero attached hydrogens (tertiary/aromatic N) is 1. The zero-order valence-corrected chi connectivity index (χ0v) is 14.5. The Bertz CT molecular complexity index is 829. The summed E-state index contributed by atoms with van der Waals surface area (Å²) in [6.07, 6.45) is 1.84. The van der Waals surface area contributed by atoms with Gasteiger partial charge in [0.25, 0.3) is 5.91 Å². The van der Waals surface area contributed by atoms with Crippen molar-refractivity contribution < 1.29 is 4.79 Å². The molecule has 2 aromatic rings. The van der Waals surface area contributed by atoms with Crippen molar-refractivity contribution in [3.8, 4) is 0 Å². The number of hydrogen-bond donors (Lipinski definition) is 1. The fourth-order valence-electron chi connectivity index (χ4n) is 1.97. The highest BCUT2D eigenvalue weighted by molar-refractivity contribution is 8.18. The third-order valence-electron chi connectivity index (χ3n) is 3.16. The van der Waals surface area contributed by atoms with Crippen molar-refractivity contribution in [2.24, 2.45) is 4.99 Å². The van der Waals surface area contributed by atoms with Crippen LogP contribution in [0.4, 0.5) is 5.69 Å². The molecular formula is C17H12Cl2N2OS. The number of aryl methyl sites for hydroxylation is 1. The first-order valence-electron chi connectivity index (χ1n) is 6.82. The molecule has 0 unspecified atom stereocenters. The molecule has 2 aromatic carbocycles. The lowest BCUT2D eigenvalue weighted by molar-refractivity contribution is -0.115. The summed E-state index contributed by atoms with van der Waals surface area (Å²) in [4.78, 5) is 17.0. The summed E-state index contributed by atoms with van der Waals surface area (Å²) >= 11 is 13.1. The van der Waals surface area contributed by atoms with Crippen molar-refractivity contribution in [1.82, 2.24) is 5.32 Å². The molecule has 1 amide bonds. The Balaban J connectivity index is 1.82. The number of amides is 1.